The Balaban J connectivity index is 2.41. The van der Waals surface area contributed by atoms with Crippen LogP contribution in [-0.2, 0) is 0 Å². The zero-order valence-corrected chi connectivity index (χ0v) is 11.5. The second-order valence-corrected chi connectivity index (χ2v) is 4.66. The molecule has 0 nitrogen and oxygen atoms in total. The van der Waals surface area contributed by atoms with Crippen LogP contribution < -0.4 is 0 Å². The van der Waals surface area contributed by atoms with E-state index in [1.54, 1.807) is 24.3 Å². The quantitative estimate of drug-likeness (QED) is 0.624. The zero-order chi connectivity index (χ0) is 15.3. The fraction of sp³-hybridized carbons (Fsp3) is 0.0588. The summed E-state index contributed by atoms with van der Waals surface area (Å²) in [6, 6.07) is 14.9. The number of hydrogen-bond acceptors (Lipinski definition) is 0. The molecule has 0 saturated heterocycles. The van der Waals surface area contributed by atoms with Gasteiger partial charge in [0.15, 0.2) is 0 Å². The highest BCUT2D eigenvalue weighted by molar-refractivity contribution is 6.30. The fourth-order valence-electron chi connectivity index (χ4n) is 1.65. The van der Waals surface area contributed by atoms with Gasteiger partial charge in [0.05, 0.1) is 0 Å². The minimum Gasteiger partial charge on any atom is -0.167 e. The lowest BCUT2D eigenvalue weighted by atomic mass is 10.1. The van der Waals surface area contributed by atoms with Gasteiger partial charge in [0.2, 0.25) is 0 Å². The van der Waals surface area contributed by atoms with Crippen LogP contribution in [0.25, 0.3) is 5.57 Å². The molecular formula is C17H10ClF3. The molecule has 0 N–H and O–H groups in total. The van der Waals surface area contributed by atoms with Crippen LogP contribution in [0.15, 0.2) is 60.7 Å². The molecule has 0 spiro atoms. The molecule has 106 valence electrons. The molecule has 21 heavy (non-hydrogen) atoms. The molecule has 2 aromatic rings. The molecule has 0 saturated carbocycles. The first-order chi connectivity index (χ1) is 9.94. The molecule has 0 aliphatic heterocycles. The maximum Gasteiger partial charge on any atom is 0.410 e. The third kappa shape index (κ3) is 5.02. The van der Waals surface area contributed by atoms with Crippen LogP contribution in [0.5, 0.6) is 0 Å². The lowest BCUT2D eigenvalue weighted by Gasteiger charge is -2.04. The minimum atomic E-state index is -4.43. The molecule has 0 aliphatic rings. The van der Waals surface area contributed by atoms with E-state index in [1.165, 1.54) is 24.3 Å². The number of halogens is 4. The number of hydrogen-bond donors (Lipinski definition) is 0. The molecule has 0 aliphatic carbocycles. The SMILES string of the molecule is FC(F)(F)/C=C(\C#Cc1ccccc1)c1ccc(Cl)cc1. The van der Waals surface area contributed by atoms with E-state index in [9.17, 15) is 13.2 Å². The Morgan fingerprint density at radius 3 is 2.14 bits per heavy atom. The Morgan fingerprint density at radius 1 is 0.952 bits per heavy atom. The third-order valence-corrected chi connectivity index (χ3v) is 2.83. The molecular weight excluding hydrogens is 297 g/mol. The zero-order valence-electron chi connectivity index (χ0n) is 10.8. The molecule has 2 aromatic carbocycles. The van der Waals surface area contributed by atoms with Crippen LogP contribution in [0.1, 0.15) is 11.1 Å². The van der Waals surface area contributed by atoms with Gasteiger partial charge in [0.1, 0.15) is 0 Å². The molecule has 4 heteroatoms. The molecule has 0 bridgehead atoms. The highest BCUT2D eigenvalue weighted by Crippen LogP contribution is 2.24. The van der Waals surface area contributed by atoms with E-state index in [2.05, 4.69) is 11.8 Å². The average Bonchev–Trinajstić information content (AvgIpc) is 2.44. The predicted octanol–water partition coefficient (Wildman–Crippen LogP) is 5.34. The Bertz CT molecular complexity index is 687. The van der Waals surface area contributed by atoms with Gasteiger partial charge in [-0.1, -0.05) is 53.8 Å². The van der Waals surface area contributed by atoms with Crippen LogP contribution in [0.2, 0.25) is 5.02 Å². The highest BCUT2D eigenvalue weighted by Gasteiger charge is 2.24. The van der Waals surface area contributed by atoms with Gasteiger partial charge in [0, 0.05) is 22.2 Å². The van der Waals surface area contributed by atoms with Gasteiger partial charge in [-0.25, -0.2) is 0 Å². The summed E-state index contributed by atoms with van der Waals surface area (Å²) in [4.78, 5) is 0. The van der Waals surface area contributed by atoms with E-state index in [1.807, 2.05) is 6.07 Å². The van der Waals surface area contributed by atoms with Crippen molar-refractivity contribution >= 4 is 17.2 Å². The lowest BCUT2D eigenvalue weighted by Crippen LogP contribution is -2.02. The Kier molecular flexibility index (Phi) is 4.72. The van der Waals surface area contributed by atoms with E-state index < -0.39 is 6.18 Å². The Hall–Kier alpha value is -2.18. The highest BCUT2D eigenvalue weighted by atomic mass is 35.5. The molecule has 0 unspecified atom stereocenters. The van der Waals surface area contributed by atoms with Gasteiger partial charge < -0.3 is 0 Å². The summed E-state index contributed by atoms with van der Waals surface area (Å²) >= 11 is 5.74. The number of alkyl halides is 3. The molecule has 0 radical (unpaired) electrons. The summed E-state index contributed by atoms with van der Waals surface area (Å²) in [6.07, 6.45) is -4.23. The number of rotatable bonds is 1. The van der Waals surface area contributed by atoms with Crippen molar-refractivity contribution in [3.05, 3.63) is 76.8 Å². The molecule has 2 rings (SSSR count). The van der Waals surface area contributed by atoms with E-state index in [0.717, 1.165) is 0 Å². The molecule has 0 atom stereocenters. The van der Waals surface area contributed by atoms with Crippen molar-refractivity contribution in [3.8, 4) is 11.8 Å². The van der Waals surface area contributed by atoms with Crippen LogP contribution in [0, 0.1) is 11.8 Å². The van der Waals surface area contributed by atoms with Crippen LogP contribution >= 0.6 is 11.6 Å². The van der Waals surface area contributed by atoms with Gasteiger partial charge in [-0.3, -0.25) is 0 Å². The number of benzene rings is 2. The van der Waals surface area contributed by atoms with Gasteiger partial charge in [-0.2, -0.15) is 13.2 Å². The second kappa shape index (κ2) is 6.51. The summed E-state index contributed by atoms with van der Waals surface area (Å²) in [5.74, 6) is 5.31. The lowest BCUT2D eigenvalue weighted by molar-refractivity contribution is -0.0792. The summed E-state index contributed by atoms with van der Waals surface area (Å²) in [5, 5.41) is 0.459. The minimum absolute atomic E-state index is 0.0944. The monoisotopic (exact) mass is 306 g/mol. The smallest absolute Gasteiger partial charge is 0.167 e. The average molecular weight is 307 g/mol. The van der Waals surface area contributed by atoms with Crippen molar-refractivity contribution in [2.75, 3.05) is 0 Å². The maximum atomic E-state index is 12.6. The summed E-state index contributed by atoms with van der Waals surface area (Å²) < 4.78 is 37.9. The molecule has 0 heterocycles. The van der Waals surface area contributed by atoms with Crippen molar-refractivity contribution < 1.29 is 13.2 Å². The Morgan fingerprint density at radius 2 is 1.57 bits per heavy atom. The van der Waals surface area contributed by atoms with Crippen molar-refractivity contribution in [1.82, 2.24) is 0 Å². The summed E-state index contributed by atoms with van der Waals surface area (Å²) in [7, 11) is 0. The predicted molar refractivity (Wildman–Crippen MR) is 78.8 cm³/mol. The second-order valence-electron chi connectivity index (χ2n) is 4.22. The largest absolute Gasteiger partial charge is 0.410 e. The van der Waals surface area contributed by atoms with E-state index in [0.29, 0.717) is 16.1 Å². The fourth-order valence-corrected chi connectivity index (χ4v) is 1.77. The first-order valence-electron chi connectivity index (χ1n) is 6.07. The topological polar surface area (TPSA) is 0 Å². The van der Waals surface area contributed by atoms with Gasteiger partial charge in [-0.05, 0) is 29.8 Å². The molecule has 0 fully saturated rings. The van der Waals surface area contributed by atoms with Gasteiger partial charge >= 0.3 is 6.18 Å². The first-order valence-corrected chi connectivity index (χ1v) is 6.44. The van der Waals surface area contributed by atoms with Crippen molar-refractivity contribution in [2.24, 2.45) is 0 Å². The number of allylic oxidation sites excluding steroid dienone is 2. The van der Waals surface area contributed by atoms with E-state index in [4.69, 9.17) is 11.6 Å². The van der Waals surface area contributed by atoms with Crippen LogP contribution in [0.3, 0.4) is 0 Å². The maximum absolute atomic E-state index is 12.6. The summed E-state index contributed by atoms with van der Waals surface area (Å²) in [6.45, 7) is 0. The van der Waals surface area contributed by atoms with Gasteiger partial charge in [0.25, 0.3) is 0 Å². The first kappa shape index (κ1) is 15.2. The third-order valence-electron chi connectivity index (χ3n) is 2.58. The van der Waals surface area contributed by atoms with Gasteiger partial charge in [-0.15, -0.1) is 0 Å². The van der Waals surface area contributed by atoms with Crippen molar-refractivity contribution in [3.63, 3.8) is 0 Å². The van der Waals surface area contributed by atoms with E-state index in [-0.39, 0.29) is 11.6 Å². The van der Waals surface area contributed by atoms with Crippen LogP contribution in [0.4, 0.5) is 13.2 Å². The molecule has 0 amide bonds. The van der Waals surface area contributed by atoms with Crippen LogP contribution in [-0.4, -0.2) is 6.18 Å². The standard InChI is InChI=1S/C17H10ClF3/c18-16-10-8-14(9-11-16)15(12-17(19,20)21)7-6-13-4-2-1-3-5-13/h1-5,8-12H/b15-12+. The Labute approximate surface area is 125 Å². The summed E-state index contributed by atoms with van der Waals surface area (Å²) in [5.41, 5.74) is 0.933. The van der Waals surface area contributed by atoms with E-state index >= 15 is 0 Å². The molecule has 0 aromatic heterocycles. The van der Waals surface area contributed by atoms with Crippen molar-refractivity contribution in [1.29, 1.82) is 0 Å². The van der Waals surface area contributed by atoms with Crippen molar-refractivity contribution in [2.45, 2.75) is 6.18 Å². The normalized spacial score (nSPS) is 11.7.